The third kappa shape index (κ3) is 1.80. The minimum atomic E-state index is 0.236. The summed E-state index contributed by atoms with van der Waals surface area (Å²) >= 11 is 3.33. The lowest BCUT2D eigenvalue weighted by Gasteiger charge is -2.16. The number of rotatable bonds is 1. The zero-order valence-corrected chi connectivity index (χ0v) is 10.7. The molecule has 0 aromatic carbocycles. The van der Waals surface area contributed by atoms with Crippen LogP contribution in [-0.2, 0) is 12.8 Å². The number of hydrogen-bond donors (Lipinski definition) is 1. The smallest absolute Gasteiger partial charge is 0.240 e. The van der Waals surface area contributed by atoms with Gasteiger partial charge in [-0.2, -0.15) is 9.67 Å². The molecule has 7 heteroatoms. The predicted molar refractivity (Wildman–Crippen MR) is 65.7 cm³/mol. The number of fused-ring (bicyclic) bond motifs is 1. The van der Waals surface area contributed by atoms with Crippen LogP contribution in [-0.4, -0.2) is 24.7 Å². The van der Waals surface area contributed by atoms with E-state index in [-0.39, 0.29) is 5.95 Å². The first-order valence-electron chi connectivity index (χ1n) is 5.47. The zero-order valence-electron chi connectivity index (χ0n) is 9.10. The highest BCUT2D eigenvalue weighted by atomic mass is 79.9. The first-order chi connectivity index (χ1) is 8.25. The molecule has 0 spiro atoms. The Bertz CT molecular complexity index is 564. The average Bonchev–Trinajstić information content (AvgIpc) is 2.68. The van der Waals surface area contributed by atoms with Crippen molar-refractivity contribution >= 4 is 21.9 Å². The number of anilines is 1. The van der Waals surface area contributed by atoms with Crippen LogP contribution in [0, 0.1) is 0 Å². The molecule has 0 unspecified atom stereocenters. The molecule has 2 aromatic heterocycles. The van der Waals surface area contributed by atoms with Gasteiger partial charge in [-0.15, -0.1) is 5.10 Å². The third-order valence-electron chi connectivity index (χ3n) is 2.89. The third-order valence-corrected chi connectivity index (χ3v) is 3.40. The number of aryl methyl sites for hydroxylation is 1. The van der Waals surface area contributed by atoms with E-state index < -0.39 is 0 Å². The molecule has 2 N–H and O–H groups in total. The summed E-state index contributed by atoms with van der Waals surface area (Å²) in [5.74, 6) is 1.02. The van der Waals surface area contributed by atoms with Crippen LogP contribution >= 0.6 is 15.9 Å². The average molecular weight is 295 g/mol. The summed E-state index contributed by atoms with van der Waals surface area (Å²) < 4.78 is 2.20. The van der Waals surface area contributed by atoms with Gasteiger partial charge >= 0.3 is 0 Å². The summed E-state index contributed by atoms with van der Waals surface area (Å²) in [6.45, 7) is 0. The quantitative estimate of drug-likeness (QED) is 0.857. The van der Waals surface area contributed by atoms with E-state index in [1.807, 2.05) is 0 Å². The van der Waals surface area contributed by atoms with Crippen LogP contribution < -0.4 is 5.73 Å². The molecule has 6 nitrogen and oxygen atoms in total. The molecule has 1 aliphatic carbocycles. The molecule has 0 bridgehead atoms. The van der Waals surface area contributed by atoms with Gasteiger partial charge in [-0.1, -0.05) is 0 Å². The van der Waals surface area contributed by atoms with Crippen LogP contribution in [0.2, 0.25) is 0 Å². The van der Waals surface area contributed by atoms with E-state index in [1.54, 1.807) is 11.0 Å². The number of nitrogen functional groups attached to an aromatic ring is 1. The fourth-order valence-electron chi connectivity index (χ4n) is 2.13. The summed E-state index contributed by atoms with van der Waals surface area (Å²) in [5.41, 5.74) is 7.85. The molecular weight excluding hydrogens is 284 g/mol. The Morgan fingerprint density at radius 2 is 2.06 bits per heavy atom. The monoisotopic (exact) mass is 294 g/mol. The first kappa shape index (κ1) is 10.6. The van der Waals surface area contributed by atoms with Crippen molar-refractivity contribution < 1.29 is 0 Å². The molecule has 88 valence electrons. The Morgan fingerprint density at radius 1 is 1.24 bits per heavy atom. The molecule has 0 radical (unpaired) electrons. The second-order valence-electron chi connectivity index (χ2n) is 3.98. The number of nitrogens with zero attached hydrogens (tertiary/aromatic N) is 5. The van der Waals surface area contributed by atoms with Gasteiger partial charge in [0.1, 0.15) is 6.33 Å². The molecule has 0 saturated heterocycles. The van der Waals surface area contributed by atoms with Gasteiger partial charge in [0.2, 0.25) is 10.7 Å². The SMILES string of the molecule is Nc1nc(Br)n(-c2ncnc3c2CCCC3)n1. The number of hydrogen-bond acceptors (Lipinski definition) is 5. The van der Waals surface area contributed by atoms with Crippen molar-refractivity contribution in [3.8, 4) is 5.82 Å². The molecule has 0 saturated carbocycles. The van der Waals surface area contributed by atoms with Gasteiger partial charge in [0.15, 0.2) is 5.82 Å². The molecule has 2 heterocycles. The zero-order chi connectivity index (χ0) is 11.8. The van der Waals surface area contributed by atoms with Gasteiger partial charge in [0.05, 0.1) is 0 Å². The van der Waals surface area contributed by atoms with Gasteiger partial charge in [-0.3, -0.25) is 0 Å². The van der Waals surface area contributed by atoms with Crippen molar-refractivity contribution in [1.29, 1.82) is 0 Å². The van der Waals surface area contributed by atoms with E-state index in [9.17, 15) is 0 Å². The van der Waals surface area contributed by atoms with Crippen LogP contribution in [0.25, 0.3) is 5.82 Å². The van der Waals surface area contributed by atoms with Crippen molar-refractivity contribution in [1.82, 2.24) is 24.7 Å². The fourth-order valence-corrected chi connectivity index (χ4v) is 2.56. The highest BCUT2D eigenvalue weighted by Gasteiger charge is 2.19. The Hall–Kier alpha value is -1.50. The summed E-state index contributed by atoms with van der Waals surface area (Å²) in [6.07, 6.45) is 5.91. The van der Waals surface area contributed by atoms with E-state index >= 15 is 0 Å². The molecule has 2 aromatic rings. The summed E-state index contributed by atoms with van der Waals surface area (Å²) in [5, 5.41) is 4.13. The van der Waals surface area contributed by atoms with Crippen molar-refractivity contribution in [2.45, 2.75) is 25.7 Å². The maximum Gasteiger partial charge on any atom is 0.240 e. The Kier molecular flexibility index (Phi) is 2.54. The van der Waals surface area contributed by atoms with Gasteiger partial charge in [0.25, 0.3) is 0 Å². The minimum absolute atomic E-state index is 0.236. The van der Waals surface area contributed by atoms with Crippen LogP contribution in [0.1, 0.15) is 24.1 Å². The van der Waals surface area contributed by atoms with Gasteiger partial charge in [-0.25, -0.2) is 9.97 Å². The van der Waals surface area contributed by atoms with Crippen molar-refractivity contribution in [2.75, 3.05) is 5.73 Å². The second kappa shape index (κ2) is 4.06. The number of nitrogens with two attached hydrogens (primary N) is 1. The molecule has 17 heavy (non-hydrogen) atoms. The van der Waals surface area contributed by atoms with E-state index in [1.165, 1.54) is 6.42 Å². The molecular formula is C10H11BrN6. The number of halogens is 1. The lowest BCUT2D eigenvalue weighted by Crippen LogP contribution is -2.13. The lowest BCUT2D eigenvalue weighted by atomic mass is 9.96. The summed E-state index contributed by atoms with van der Waals surface area (Å²) in [4.78, 5) is 12.6. The van der Waals surface area contributed by atoms with Crippen LogP contribution in [0.3, 0.4) is 0 Å². The Labute approximate surface area is 106 Å². The summed E-state index contributed by atoms with van der Waals surface area (Å²) in [7, 11) is 0. The van der Waals surface area contributed by atoms with Crippen LogP contribution in [0.15, 0.2) is 11.1 Å². The fraction of sp³-hybridized carbons (Fsp3) is 0.400. The molecule has 0 atom stereocenters. The molecule has 0 amide bonds. The van der Waals surface area contributed by atoms with Crippen molar-refractivity contribution in [3.63, 3.8) is 0 Å². The maximum atomic E-state index is 5.58. The van der Waals surface area contributed by atoms with Crippen molar-refractivity contribution in [2.24, 2.45) is 0 Å². The lowest BCUT2D eigenvalue weighted by molar-refractivity contribution is 0.648. The van der Waals surface area contributed by atoms with Crippen LogP contribution in [0.4, 0.5) is 5.95 Å². The second-order valence-corrected chi connectivity index (χ2v) is 4.69. The van der Waals surface area contributed by atoms with Gasteiger partial charge < -0.3 is 5.73 Å². The molecule has 1 aliphatic rings. The minimum Gasteiger partial charge on any atom is -0.366 e. The molecule has 3 rings (SSSR count). The van der Waals surface area contributed by atoms with E-state index in [0.29, 0.717) is 4.73 Å². The Balaban J connectivity index is 2.17. The van der Waals surface area contributed by atoms with E-state index in [4.69, 9.17) is 5.73 Å². The highest BCUT2D eigenvalue weighted by molar-refractivity contribution is 9.10. The normalized spacial score (nSPS) is 14.6. The van der Waals surface area contributed by atoms with E-state index in [2.05, 4.69) is 36.0 Å². The molecule has 0 aliphatic heterocycles. The Morgan fingerprint density at radius 3 is 2.82 bits per heavy atom. The highest BCUT2D eigenvalue weighted by Crippen LogP contribution is 2.25. The van der Waals surface area contributed by atoms with Crippen molar-refractivity contribution in [3.05, 3.63) is 22.3 Å². The van der Waals surface area contributed by atoms with Gasteiger partial charge in [0, 0.05) is 11.3 Å². The maximum absolute atomic E-state index is 5.58. The molecule has 0 fully saturated rings. The number of aromatic nitrogens is 5. The van der Waals surface area contributed by atoms with Crippen LogP contribution in [0.5, 0.6) is 0 Å². The first-order valence-corrected chi connectivity index (χ1v) is 6.26. The van der Waals surface area contributed by atoms with Gasteiger partial charge in [-0.05, 0) is 41.6 Å². The topological polar surface area (TPSA) is 82.5 Å². The standard InChI is InChI=1S/C10H11BrN6/c11-9-15-10(12)16-17(9)8-6-3-1-2-4-7(6)13-5-14-8/h5H,1-4H2,(H2,12,16). The predicted octanol–water partition coefficient (Wildman–Crippen LogP) is 1.28. The summed E-state index contributed by atoms with van der Waals surface area (Å²) in [6, 6.07) is 0. The largest absolute Gasteiger partial charge is 0.366 e. The van der Waals surface area contributed by atoms with E-state index in [0.717, 1.165) is 36.3 Å².